The molecular formula is C10H15N3O5. The molecule has 0 aromatic carbocycles. The van der Waals surface area contributed by atoms with E-state index in [0.717, 1.165) is 0 Å². The molecule has 0 aromatic rings. The lowest BCUT2D eigenvalue weighted by Gasteiger charge is -2.24. The number of nitrogens with zero attached hydrogens (tertiary/aromatic N) is 1. The first kappa shape index (κ1) is 13.9. The van der Waals surface area contributed by atoms with Crippen molar-refractivity contribution < 1.29 is 24.3 Å². The van der Waals surface area contributed by atoms with E-state index in [2.05, 4.69) is 10.6 Å². The zero-order valence-electron chi connectivity index (χ0n) is 9.93. The van der Waals surface area contributed by atoms with Crippen LogP contribution in [0, 0.1) is 0 Å². The monoisotopic (exact) mass is 257 g/mol. The summed E-state index contributed by atoms with van der Waals surface area (Å²) in [5, 5.41) is 13.0. The standard InChI is InChI=1S/C10H15N3O5/c1-13(5-4-8(15)16)10(18)11-6-2-3-7(14)12-9(6)17/h6H,2-5H2,1H3,(H,11,18)(H,15,16)(H,12,14,17). The van der Waals surface area contributed by atoms with Crippen molar-refractivity contribution in [3.05, 3.63) is 0 Å². The highest BCUT2D eigenvalue weighted by Gasteiger charge is 2.28. The smallest absolute Gasteiger partial charge is 0.317 e. The van der Waals surface area contributed by atoms with E-state index in [-0.39, 0.29) is 31.7 Å². The largest absolute Gasteiger partial charge is 0.481 e. The van der Waals surface area contributed by atoms with E-state index in [1.165, 1.54) is 11.9 Å². The molecular weight excluding hydrogens is 242 g/mol. The molecule has 0 saturated carbocycles. The number of nitrogens with one attached hydrogen (secondary N) is 2. The Hall–Kier alpha value is -2.12. The number of aliphatic carboxylic acids is 1. The van der Waals surface area contributed by atoms with E-state index in [0.29, 0.717) is 0 Å². The lowest BCUT2D eigenvalue weighted by atomic mass is 10.1. The first-order chi connectivity index (χ1) is 8.40. The molecule has 1 rings (SSSR count). The number of rotatable bonds is 4. The molecule has 1 unspecified atom stereocenters. The van der Waals surface area contributed by atoms with E-state index >= 15 is 0 Å². The van der Waals surface area contributed by atoms with Crippen LogP contribution in [-0.4, -0.2) is 53.5 Å². The first-order valence-corrected chi connectivity index (χ1v) is 5.47. The van der Waals surface area contributed by atoms with Crippen LogP contribution in [0.3, 0.4) is 0 Å². The molecule has 18 heavy (non-hydrogen) atoms. The minimum Gasteiger partial charge on any atom is -0.481 e. The van der Waals surface area contributed by atoms with Gasteiger partial charge in [0.1, 0.15) is 6.04 Å². The molecule has 1 heterocycles. The Bertz CT molecular complexity index is 382. The predicted molar refractivity (Wildman–Crippen MR) is 59.6 cm³/mol. The number of piperidine rings is 1. The summed E-state index contributed by atoms with van der Waals surface area (Å²) in [7, 11) is 1.43. The number of carbonyl (C=O) groups excluding carboxylic acids is 3. The Labute approximate surface area is 103 Å². The Morgan fingerprint density at radius 3 is 2.72 bits per heavy atom. The molecule has 1 atom stereocenters. The van der Waals surface area contributed by atoms with Crippen molar-refractivity contribution in [3.63, 3.8) is 0 Å². The van der Waals surface area contributed by atoms with Crippen LogP contribution < -0.4 is 10.6 Å². The summed E-state index contributed by atoms with van der Waals surface area (Å²) in [5.74, 6) is -1.90. The molecule has 0 aromatic heterocycles. The summed E-state index contributed by atoms with van der Waals surface area (Å²) < 4.78 is 0. The van der Waals surface area contributed by atoms with Gasteiger partial charge in [-0.25, -0.2) is 4.79 Å². The van der Waals surface area contributed by atoms with E-state index in [9.17, 15) is 19.2 Å². The Morgan fingerprint density at radius 1 is 1.50 bits per heavy atom. The summed E-state index contributed by atoms with van der Waals surface area (Å²) in [4.78, 5) is 45.4. The average Bonchev–Trinajstić information content (AvgIpc) is 2.29. The number of urea groups is 1. The lowest BCUT2D eigenvalue weighted by molar-refractivity contribution is -0.137. The third kappa shape index (κ3) is 4.04. The average molecular weight is 257 g/mol. The topological polar surface area (TPSA) is 116 Å². The summed E-state index contributed by atoms with van der Waals surface area (Å²) in [6.45, 7) is 0.0500. The lowest BCUT2D eigenvalue weighted by Crippen LogP contribution is -2.54. The fourth-order valence-electron chi connectivity index (χ4n) is 1.46. The highest BCUT2D eigenvalue weighted by molar-refractivity contribution is 6.01. The van der Waals surface area contributed by atoms with Gasteiger partial charge >= 0.3 is 12.0 Å². The second kappa shape index (κ2) is 5.99. The summed E-state index contributed by atoms with van der Waals surface area (Å²) in [5.41, 5.74) is 0. The van der Waals surface area contributed by atoms with Crippen molar-refractivity contribution in [2.45, 2.75) is 25.3 Å². The van der Waals surface area contributed by atoms with Gasteiger partial charge in [-0.15, -0.1) is 0 Å². The van der Waals surface area contributed by atoms with Crippen molar-refractivity contribution in [1.29, 1.82) is 0 Å². The number of hydrogen-bond acceptors (Lipinski definition) is 4. The maximum Gasteiger partial charge on any atom is 0.317 e. The SMILES string of the molecule is CN(CCC(=O)O)C(=O)NC1CCC(=O)NC1=O. The Balaban J connectivity index is 2.41. The van der Waals surface area contributed by atoms with Crippen LogP contribution in [0.25, 0.3) is 0 Å². The number of amides is 4. The molecule has 3 N–H and O–H groups in total. The van der Waals surface area contributed by atoms with Gasteiger partial charge in [-0.2, -0.15) is 0 Å². The fourth-order valence-corrected chi connectivity index (χ4v) is 1.46. The third-order valence-corrected chi connectivity index (χ3v) is 2.54. The minimum atomic E-state index is -1.00. The summed E-state index contributed by atoms with van der Waals surface area (Å²) in [6, 6.07) is -1.28. The number of imide groups is 1. The van der Waals surface area contributed by atoms with Crippen LogP contribution in [0.1, 0.15) is 19.3 Å². The predicted octanol–water partition coefficient (Wildman–Crippen LogP) is -1.09. The van der Waals surface area contributed by atoms with Gasteiger partial charge in [0.25, 0.3) is 0 Å². The van der Waals surface area contributed by atoms with Crippen LogP contribution in [0.4, 0.5) is 4.79 Å². The Morgan fingerprint density at radius 2 is 2.17 bits per heavy atom. The van der Waals surface area contributed by atoms with E-state index in [1.807, 2.05) is 0 Å². The van der Waals surface area contributed by atoms with Gasteiger partial charge in [0, 0.05) is 20.0 Å². The van der Waals surface area contributed by atoms with Crippen LogP contribution in [0.15, 0.2) is 0 Å². The van der Waals surface area contributed by atoms with Crippen LogP contribution in [0.2, 0.25) is 0 Å². The highest BCUT2D eigenvalue weighted by atomic mass is 16.4. The van der Waals surface area contributed by atoms with Crippen LogP contribution in [0.5, 0.6) is 0 Å². The van der Waals surface area contributed by atoms with Crippen molar-refractivity contribution in [1.82, 2.24) is 15.5 Å². The zero-order valence-corrected chi connectivity index (χ0v) is 9.93. The molecule has 1 aliphatic rings. The maximum atomic E-state index is 11.6. The third-order valence-electron chi connectivity index (χ3n) is 2.54. The van der Waals surface area contributed by atoms with E-state index in [1.54, 1.807) is 0 Å². The first-order valence-electron chi connectivity index (χ1n) is 5.47. The second-order valence-electron chi connectivity index (χ2n) is 4.02. The fraction of sp³-hybridized carbons (Fsp3) is 0.600. The normalized spacial score (nSPS) is 19.1. The number of carboxylic acids is 1. The number of hydrogen-bond donors (Lipinski definition) is 3. The van der Waals surface area contributed by atoms with Gasteiger partial charge < -0.3 is 15.3 Å². The zero-order chi connectivity index (χ0) is 13.7. The van der Waals surface area contributed by atoms with Crippen molar-refractivity contribution in [2.75, 3.05) is 13.6 Å². The van der Waals surface area contributed by atoms with Gasteiger partial charge in [-0.05, 0) is 6.42 Å². The van der Waals surface area contributed by atoms with Gasteiger partial charge in [0.15, 0.2) is 0 Å². The van der Waals surface area contributed by atoms with Gasteiger partial charge in [-0.1, -0.05) is 0 Å². The molecule has 8 nitrogen and oxygen atoms in total. The van der Waals surface area contributed by atoms with Crippen LogP contribution >= 0.6 is 0 Å². The molecule has 0 spiro atoms. The Kier molecular flexibility index (Phi) is 4.64. The molecule has 1 aliphatic heterocycles. The minimum absolute atomic E-state index is 0.0500. The second-order valence-corrected chi connectivity index (χ2v) is 4.02. The molecule has 8 heteroatoms. The molecule has 1 saturated heterocycles. The van der Waals surface area contributed by atoms with Gasteiger partial charge in [0.05, 0.1) is 6.42 Å². The van der Waals surface area contributed by atoms with Crippen molar-refractivity contribution in [2.24, 2.45) is 0 Å². The number of carbonyl (C=O) groups is 4. The van der Waals surface area contributed by atoms with Crippen LogP contribution in [-0.2, 0) is 14.4 Å². The number of carboxylic acid groups (broad SMARTS) is 1. The van der Waals surface area contributed by atoms with E-state index < -0.39 is 23.9 Å². The summed E-state index contributed by atoms with van der Waals surface area (Å²) >= 11 is 0. The molecule has 4 amide bonds. The maximum absolute atomic E-state index is 11.6. The molecule has 100 valence electrons. The summed E-state index contributed by atoms with van der Waals surface area (Å²) in [6.07, 6.45) is 0.262. The molecule has 1 fully saturated rings. The van der Waals surface area contributed by atoms with Crippen molar-refractivity contribution in [3.8, 4) is 0 Å². The van der Waals surface area contributed by atoms with Crippen molar-refractivity contribution >= 4 is 23.8 Å². The van der Waals surface area contributed by atoms with Gasteiger partial charge in [-0.3, -0.25) is 19.7 Å². The van der Waals surface area contributed by atoms with Gasteiger partial charge in [0.2, 0.25) is 11.8 Å². The molecule has 0 aliphatic carbocycles. The quantitative estimate of drug-likeness (QED) is 0.553. The van der Waals surface area contributed by atoms with E-state index in [4.69, 9.17) is 5.11 Å². The highest BCUT2D eigenvalue weighted by Crippen LogP contribution is 2.04. The molecule has 0 radical (unpaired) electrons. The molecule has 0 bridgehead atoms.